The van der Waals surface area contributed by atoms with Crippen LogP contribution in [0.5, 0.6) is 0 Å². The normalized spacial score (nSPS) is 40.1. The van der Waals surface area contributed by atoms with Crippen molar-refractivity contribution in [3.63, 3.8) is 0 Å². The summed E-state index contributed by atoms with van der Waals surface area (Å²) in [6.07, 6.45) is 6.67. The van der Waals surface area contributed by atoms with E-state index in [1.165, 1.54) is 32.1 Å². The first-order chi connectivity index (χ1) is 5.24. The van der Waals surface area contributed by atoms with Gasteiger partial charge in [0.2, 0.25) is 0 Å². The van der Waals surface area contributed by atoms with Gasteiger partial charge in [0.25, 0.3) is 0 Å². The first kappa shape index (κ1) is 9.05. The van der Waals surface area contributed by atoms with E-state index < -0.39 is 0 Å². The van der Waals surface area contributed by atoms with Crippen LogP contribution in [0.4, 0.5) is 0 Å². The van der Waals surface area contributed by atoms with Gasteiger partial charge >= 0.3 is 0 Å². The molecule has 0 spiro atoms. The molecular formula is C10H21N. The molecular weight excluding hydrogens is 134 g/mol. The van der Waals surface area contributed by atoms with Gasteiger partial charge in [-0.05, 0) is 24.7 Å². The molecule has 11 heavy (non-hydrogen) atoms. The molecule has 0 bridgehead atoms. The topological polar surface area (TPSA) is 26.0 Å². The predicted octanol–water partition coefficient (Wildman–Crippen LogP) is 2.55. The molecule has 0 amide bonds. The van der Waals surface area contributed by atoms with Crippen LogP contribution in [0.2, 0.25) is 0 Å². The average molecular weight is 155 g/mol. The van der Waals surface area contributed by atoms with Gasteiger partial charge in [-0.1, -0.05) is 33.1 Å². The Hall–Kier alpha value is -0.0400. The molecule has 0 radical (unpaired) electrons. The molecule has 0 aromatic heterocycles. The molecule has 0 saturated heterocycles. The molecule has 0 aromatic rings. The van der Waals surface area contributed by atoms with E-state index in [1.54, 1.807) is 0 Å². The van der Waals surface area contributed by atoms with Crippen LogP contribution in [0.25, 0.3) is 0 Å². The Morgan fingerprint density at radius 3 is 2.73 bits per heavy atom. The maximum absolute atomic E-state index is 6.08. The zero-order valence-corrected chi connectivity index (χ0v) is 7.84. The molecule has 2 N–H and O–H groups in total. The highest BCUT2D eigenvalue weighted by atomic mass is 14.7. The second-order valence-corrected chi connectivity index (χ2v) is 4.10. The van der Waals surface area contributed by atoms with Crippen molar-refractivity contribution in [2.75, 3.05) is 0 Å². The number of hydrogen-bond donors (Lipinski definition) is 1. The van der Waals surface area contributed by atoms with Crippen molar-refractivity contribution in [2.24, 2.45) is 17.6 Å². The van der Waals surface area contributed by atoms with Crippen LogP contribution in [0, 0.1) is 11.8 Å². The van der Waals surface area contributed by atoms with Crippen LogP contribution < -0.4 is 5.73 Å². The van der Waals surface area contributed by atoms with Gasteiger partial charge in [-0.15, -0.1) is 0 Å². The van der Waals surface area contributed by atoms with Gasteiger partial charge in [0.05, 0.1) is 0 Å². The van der Waals surface area contributed by atoms with Gasteiger partial charge in [-0.25, -0.2) is 0 Å². The fraction of sp³-hybridized carbons (Fsp3) is 1.00. The van der Waals surface area contributed by atoms with Crippen molar-refractivity contribution in [3.05, 3.63) is 0 Å². The summed E-state index contributed by atoms with van der Waals surface area (Å²) in [6.45, 7) is 4.60. The third-order valence-electron chi connectivity index (χ3n) is 3.08. The molecule has 1 fully saturated rings. The van der Waals surface area contributed by atoms with E-state index in [4.69, 9.17) is 5.73 Å². The van der Waals surface area contributed by atoms with Crippen molar-refractivity contribution < 1.29 is 0 Å². The van der Waals surface area contributed by atoms with E-state index in [9.17, 15) is 0 Å². The Morgan fingerprint density at radius 2 is 2.09 bits per heavy atom. The molecule has 0 heterocycles. The third-order valence-corrected chi connectivity index (χ3v) is 3.08. The summed E-state index contributed by atoms with van der Waals surface area (Å²) in [5.74, 6) is 1.67. The second-order valence-electron chi connectivity index (χ2n) is 4.10. The van der Waals surface area contributed by atoms with Gasteiger partial charge in [-0.3, -0.25) is 0 Å². The van der Waals surface area contributed by atoms with Gasteiger partial charge in [0, 0.05) is 6.04 Å². The van der Waals surface area contributed by atoms with E-state index in [0.717, 1.165) is 11.8 Å². The first-order valence-corrected chi connectivity index (χ1v) is 4.99. The van der Waals surface area contributed by atoms with Gasteiger partial charge in [-0.2, -0.15) is 0 Å². The Kier molecular flexibility index (Phi) is 3.38. The summed E-state index contributed by atoms with van der Waals surface area (Å²) in [7, 11) is 0. The maximum Gasteiger partial charge on any atom is 0.00695 e. The smallest absolute Gasteiger partial charge is 0.00695 e. The lowest BCUT2D eigenvalue weighted by atomic mass is 9.92. The summed E-state index contributed by atoms with van der Waals surface area (Å²) >= 11 is 0. The van der Waals surface area contributed by atoms with E-state index in [-0.39, 0.29) is 0 Å². The Morgan fingerprint density at radius 1 is 1.36 bits per heavy atom. The summed E-state index contributed by atoms with van der Waals surface area (Å²) in [6, 6.07) is 0.484. The first-order valence-electron chi connectivity index (χ1n) is 4.99. The number of rotatable bonds is 1. The standard InChI is InChI=1S/C10H21N/c1-3-9-6-4-5-8(2)7-10(9)11/h8-10H,3-7,11H2,1-2H3. The van der Waals surface area contributed by atoms with E-state index in [2.05, 4.69) is 13.8 Å². The Balaban J connectivity index is 2.43. The van der Waals surface area contributed by atoms with E-state index >= 15 is 0 Å². The lowest BCUT2D eigenvalue weighted by Gasteiger charge is -2.20. The van der Waals surface area contributed by atoms with Crippen LogP contribution >= 0.6 is 0 Å². The molecule has 1 rings (SSSR count). The summed E-state index contributed by atoms with van der Waals surface area (Å²) < 4.78 is 0. The van der Waals surface area contributed by atoms with Crippen LogP contribution in [0.15, 0.2) is 0 Å². The highest BCUT2D eigenvalue weighted by Crippen LogP contribution is 2.27. The highest BCUT2D eigenvalue weighted by molar-refractivity contribution is 4.77. The molecule has 1 saturated carbocycles. The zero-order chi connectivity index (χ0) is 8.27. The lowest BCUT2D eigenvalue weighted by molar-refractivity contribution is 0.370. The van der Waals surface area contributed by atoms with Gasteiger partial charge < -0.3 is 5.73 Å². The summed E-state index contributed by atoms with van der Waals surface area (Å²) in [5, 5.41) is 0. The molecule has 1 aliphatic carbocycles. The second kappa shape index (κ2) is 4.10. The lowest BCUT2D eigenvalue weighted by Crippen LogP contribution is -2.29. The van der Waals surface area contributed by atoms with Crippen molar-refractivity contribution in [3.8, 4) is 0 Å². The molecule has 1 nitrogen and oxygen atoms in total. The van der Waals surface area contributed by atoms with Crippen molar-refractivity contribution in [1.29, 1.82) is 0 Å². The van der Waals surface area contributed by atoms with Crippen LogP contribution in [0.1, 0.15) is 46.0 Å². The predicted molar refractivity (Wildman–Crippen MR) is 49.4 cm³/mol. The summed E-state index contributed by atoms with van der Waals surface area (Å²) in [5.41, 5.74) is 6.08. The van der Waals surface area contributed by atoms with Crippen molar-refractivity contribution in [1.82, 2.24) is 0 Å². The summed E-state index contributed by atoms with van der Waals surface area (Å²) in [4.78, 5) is 0. The van der Waals surface area contributed by atoms with Gasteiger partial charge in [0.1, 0.15) is 0 Å². The molecule has 1 aliphatic rings. The molecule has 3 unspecified atom stereocenters. The monoisotopic (exact) mass is 155 g/mol. The van der Waals surface area contributed by atoms with Crippen LogP contribution in [-0.2, 0) is 0 Å². The minimum atomic E-state index is 0.484. The van der Waals surface area contributed by atoms with Crippen molar-refractivity contribution >= 4 is 0 Å². The zero-order valence-electron chi connectivity index (χ0n) is 7.84. The van der Waals surface area contributed by atoms with Crippen LogP contribution in [0.3, 0.4) is 0 Å². The molecule has 1 heteroatoms. The third kappa shape index (κ3) is 2.48. The molecule has 66 valence electrons. The van der Waals surface area contributed by atoms with Gasteiger partial charge in [0.15, 0.2) is 0 Å². The minimum Gasteiger partial charge on any atom is -0.327 e. The Labute approximate surface area is 70.4 Å². The quantitative estimate of drug-likeness (QED) is 0.579. The molecule has 0 aromatic carbocycles. The molecule has 0 aliphatic heterocycles. The molecule has 3 atom stereocenters. The van der Waals surface area contributed by atoms with Crippen LogP contribution in [-0.4, -0.2) is 6.04 Å². The van der Waals surface area contributed by atoms with E-state index in [1.807, 2.05) is 0 Å². The fourth-order valence-electron chi connectivity index (χ4n) is 2.22. The number of nitrogens with two attached hydrogens (primary N) is 1. The fourth-order valence-corrected chi connectivity index (χ4v) is 2.22. The maximum atomic E-state index is 6.08. The van der Waals surface area contributed by atoms with E-state index in [0.29, 0.717) is 6.04 Å². The minimum absolute atomic E-state index is 0.484. The highest BCUT2D eigenvalue weighted by Gasteiger charge is 2.21. The Bertz CT molecular complexity index is 111. The largest absolute Gasteiger partial charge is 0.327 e. The average Bonchev–Trinajstić information content (AvgIpc) is 2.11. The number of hydrogen-bond acceptors (Lipinski definition) is 1. The SMILES string of the molecule is CCC1CCCC(C)CC1N. The van der Waals surface area contributed by atoms with Crippen molar-refractivity contribution in [2.45, 2.75) is 52.0 Å².